The average Bonchev–Trinajstić information content (AvgIpc) is 2.35. The van der Waals surface area contributed by atoms with Gasteiger partial charge >= 0.3 is 0 Å². The first-order valence-corrected chi connectivity index (χ1v) is 8.59. The second-order valence-electron chi connectivity index (χ2n) is 5.77. The van der Waals surface area contributed by atoms with E-state index in [-0.39, 0.29) is 33.2 Å². The van der Waals surface area contributed by atoms with Crippen LogP contribution in [-0.2, 0) is 10.0 Å². The summed E-state index contributed by atoms with van der Waals surface area (Å²) < 4.78 is 40.7. The molecule has 1 fully saturated rings. The molecule has 1 atom stereocenters. The van der Waals surface area contributed by atoms with E-state index in [4.69, 9.17) is 5.73 Å². The third-order valence-corrected chi connectivity index (χ3v) is 6.29. The average molecular weight is 402 g/mol. The van der Waals surface area contributed by atoms with Crippen molar-refractivity contribution in [1.82, 2.24) is 4.31 Å². The Morgan fingerprint density at radius 2 is 2.05 bits per heavy atom. The molecule has 1 aromatic rings. The molecule has 4 nitrogen and oxygen atoms in total. The largest absolute Gasteiger partial charge is 0.327 e. The Hall–Kier alpha value is -0.210. The first kappa shape index (κ1) is 18.8. The standard InChI is InChI=1S/C13H18BrFN2O2S.ClH/c1-13(2)8-17(7-6-11(13)16)20(18,19)10-5-3-4-9(14)12(10)15;/h3-5,11H,6-8,16H2,1-2H3;1H. The van der Waals surface area contributed by atoms with Gasteiger partial charge in [0.2, 0.25) is 10.0 Å². The number of piperidine rings is 1. The third-order valence-electron chi connectivity index (χ3n) is 3.81. The molecule has 21 heavy (non-hydrogen) atoms. The van der Waals surface area contributed by atoms with E-state index < -0.39 is 15.8 Å². The minimum atomic E-state index is -3.84. The zero-order valence-corrected chi connectivity index (χ0v) is 15.1. The molecule has 2 rings (SSSR count). The van der Waals surface area contributed by atoms with Crippen LogP contribution in [0.2, 0.25) is 0 Å². The van der Waals surface area contributed by atoms with Crippen LogP contribution in [0.1, 0.15) is 20.3 Å². The molecule has 0 bridgehead atoms. The summed E-state index contributed by atoms with van der Waals surface area (Å²) >= 11 is 3.02. The summed E-state index contributed by atoms with van der Waals surface area (Å²) in [5.41, 5.74) is 5.68. The van der Waals surface area contributed by atoms with Crippen LogP contribution in [0.5, 0.6) is 0 Å². The topological polar surface area (TPSA) is 63.4 Å². The molecule has 0 aromatic heterocycles. The van der Waals surface area contributed by atoms with Gasteiger partial charge in [0, 0.05) is 19.1 Å². The van der Waals surface area contributed by atoms with Gasteiger partial charge in [-0.3, -0.25) is 0 Å². The molecular weight excluding hydrogens is 383 g/mol. The van der Waals surface area contributed by atoms with Gasteiger partial charge in [-0.25, -0.2) is 12.8 Å². The quantitative estimate of drug-likeness (QED) is 0.829. The molecule has 1 aliphatic rings. The lowest BCUT2D eigenvalue weighted by atomic mass is 9.81. The number of hydrogen-bond acceptors (Lipinski definition) is 3. The fraction of sp³-hybridized carbons (Fsp3) is 0.538. The van der Waals surface area contributed by atoms with Gasteiger partial charge in [0.15, 0.2) is 5.82 Å². The van der Waals surface area contributed by atoms with E-state index >= 15 is 0 Å². The van der Waals surface area contributed by atoms with Crippen molar-refractivity contribution in [1.29, 1.82) is 0 Å². The first-order valence-electron chi connectivity index (χ1n) is 6.36. The van der Waals surface area contributed by atoms with Crippen molar-refractivity contribution in [3.8, 4) is 0 Å². The van der Waals surface area contributed by atoms with Crippen molar-refractivity contribution in [3.63, 3.8) is 0 Å². The number of hydrogen-bond donors (Lipinski definition) is 1. The number of nitrogens with zero attached hydrogens (tertiary/aromatic N) is 1. The molecule has 1 aromatic carbocycles. The summed E-state index contributed by atoms with van der Waals surface area (Å²) in [6.07, 6.45) is 0.571. The predicted octanol–water partition coefficient (Wildman–Crippen LogP) is 2.76. The highest BCUT2D eigenvalue weighted by atomic mass is 79.9. The van der Waals surface area contributed by atoms with Crippen molar-refractivity contribution in [2.75, 3.05) is 13.1 Å². The van der Waals surface area contributed by atoms with E-state index in [1.165, 1.54) is 22.5 Å². The van der Waals surface area contributed by atoms with Gasteiger partial charge in [0.25, 0.3) is 0 Å². The van der Waals surface area contributed by atoms with Crippen molar-refractivity contribution in [3.05, 3.63) is 28.5 Å². The smallest absolute Gasteiger partial charge is 0.246 e. The Morgan fingerprint density at radius 3 is 2.62 bits per heavy atom. The van der Waals surface area contributed by atoms with Gasteiger partial charge in [0.05, 0.1) is 4.47 Å². The van der Waals surface area contributed by atoms with E-state index in [9.17, 15) is 12.8 Å². The van der Waals surface area contributed by atoms with Crippen molar-refractivity contribution < 1.29 is 12.8 Å². The maximum atomic E-state index is 14.0. The Balaban J connectivity index is 0.00000220. The molecule has 120 valence electrons. The van der Waals surface area contributed by atoms with Crippen LogP contribution in [-0.4, -0.2) is 31.9 Å². The number of halogens is 3. The monoisotopic (exact) mass is 400 g/mol. The molecule has 1 unspecified atom stereocenters. The van der Waals surface area contributed by atoms with Gasteiger partial charge in [-0.05, 0) is 39.9 Å². The second-order valence-corrected chi connectivity index (χ2v) is 8.53. The summed E-state index contributed by atoms with van der Waals surface area (Å²) in [4.78, 5) is -0.293. The fourth-order valence-electron chi connectivity index (χ4n) is 2.35. The Morgan fingerprint density at radius 1 is 1.43 bits per heavy atom. The van der Waals surface area contributed by atoms with Gasteiger partial charge in [-0.2, -0.15) is 4.31 Å². The Kier molecular flexibility index (Phi) is 5.83. The zero-order valence-electron chi connectivity index (χ0n) is 11.8. The third kappa shape index (κ3) is 3.59. The zero-order chi connectivity index (χ0) is 15.1. The van der Waals surface area contributed by atoms with Crippen LogP contribution in [0.25, 0.3) is 0 Å². The Bertz CT molecular complexity index is 625. The van der Waals surface area contributed by atoms with E-state index in [0.717, 1.165) is 0 Å². The Labute approximate surface area is 139 Å². The minimum Gasteiger partial charge on any atom is -0.327 e. The lowest BCUT2D eigenvalue weighted by Crippen LogP contribution is -2.53. The normalized spacial score (nSPS) is 22.6. The molecule has 0 saturated carbocycles. The maximum Gasteiger partial charge on any atom is 0.246 e. The van der Waals surface area contributed by atoms with Crippen LogP contribution < -0.4 is 5.73 Å². The van der Waals surface area contributed by atoms with E-state index in [1.54, 1.807) is 0 Å². The van der Waals surface area contributed by atoms with Crippen LogP contribution in [0.15, 0.2) is 27.6 Å². The SMILES string of the molecule is CC1(C)CN(S(=O)(=O)c2cccc(Br)c2F)CCC1N.Cl. The predicted molar refractivity (Wildman–Crippen MR) is 86.5 cm³/mol. The van der Waals surface area contributed by atoms with Gasteiger partial charge in [-0.15, -0.1) is 12.4 Å². The number of benzene rings is 1. The fourth-order valence-corrected chi connectivity index (χ4v) is 4.56. The van der Waals surface area contributed by atoms with Crippen molar-refractivity contribution in [2.45, 2.75) is 31.2 Å². The summed E-state index contributed by atoms with van der Waals surface area (Å²) in [7, 11) is -3.84. The molecule has 0 radical (unpaired) electrons. The molecular formula is C13H19BrClFN2O2S. The number of nitrogens with two attached hydrogens (primary N) is 1. The van der Waals surface area contributed by atoms with Crippen molar-refractivity contribution >= 4 is 38.4 Å². The van der Waals surface area contributed by atoms with Crippen molar-refractivity contribution in [2.24, 2.45) is 11.1 Å². The highest BCUT2D eigenvalue weighted by Gasteiger charge is 2.39. The highest BCUT2D eigenvalue weighted by molar-refractivity contribution is 9.10. The molecule has 1 aliphatic heterocycles. The second kappa shape index (κ2) is 6.50. The molecule has 2 N–H and O–H groups in total. The van der Waals surface area contributed by atoms with Crippen LogP contribution in [0.3, 0.4) is 0 Å². The van der Waals surface area contributed by atoms with Crippen LogP contribution in [0, 0.1) is 11.2 Å². The van der Waals surface area contributed by atoms with Gasteiger partial charge in [-0.1, -0.05) is 19.9 Å². The number of sulfonamides is 1. The molecule has 8 heteroatoms. The van der Waals surface area contributed by atoms with Crippen LogP contribution >= 0.6 is 28.3 Å². The first-order chi connectivity index (χ1) is 9.16. The minimum absolute atomic E-state index is 0. The molecule has 1 saturated heterocycles. The van der Waals surface area contributed by atoms with Gasteiger partial charge in [0.1, 0.15) is 4.90 Å². The molecule has 0 spiro atoms. The van der Waals surface area contributed by atoms with Crippen LogP contribution in [0.4, 0.5) is 4.39 Å². The lowest BCUT2D eigenvalue weighted by molar-refractivity contribution is 0.155. The highest BCUT2D eigenvalue weighted by Crippen LogP contribution is 2.32. The van der Waals surface area contributed by atoms with E-state index in [2.05, 4.69) is 15.9 Å². The molecule has 0 amide bonds. The summed E-state index contributed by atoms with van der Waals surface area (Å²) in [6, 6.07) is 4.23. The summed E-state index contributed by atoms with van der Waals surface area (Å²) in [5.74, 6) is -0.750. The molecule has 0 aliphatic carbocycles. The van der Waals surface area contributed by atoms with Gasteiger partial charge < -0.3 is 5.73 Å². The maximum absolute atomic E-state index is 14.0. The summed E-state index contributed by atoms with van der Waals surface area (Å²) in [6.45, 7) is 4.47. The molecule has 1 heterocycles. The number of rotatable bonds is 2. The summed E-state index contributed by atoms with van der Waals surface area (Å²) in [5, 5.41) is 0. The van der Waals surface area contributed by atoms with E-state index in [1.807, 2.05) is 13.8 Å². The van der Waals surface area contributed by atoms with E-state index in [0.29, 0.717) is 19.5 Å². The lowest BCUT2D eigenvalue weighted by Gasteiger charge is -2.41.